The summed E-state index contributed by atoms with van der Waals surface area (Å²) >= 11 is 0. The second-order valence-corrected chi connectivity index (χ2v) is 5.78. The molecule has 0 aliphatic carbocycles. The van der Waals surface area contributed by atoms with Gasteiger partial charge in [-0.2, -0.15) is 33.6 Å². The van der Waals surface area contributed by atoms with Crippen molar-refractivity contribution in [2.45, 2.75) is 19.6 Å². The van der Waals surface area contributed by atoms with Crippen molar-refractivity contribution in [2.24, 2.45) is 5.10 Å². The fraction of sp³-hybridized carbons (Fsp3) is 0.176. The zero-order valence-corrected chi connectivity index (χ0v) is 14.8. The van der Waals surface area contributed by atoms with E-state index in [0.29, 0.717) is 11.1 Å². The molecule has 0 unspecified atom stereocenters. The first kappa shape index (κ1) is 19.7. The van der Waals surface area contributed by atoms with Crippen LogP contribution in [0.15, 0.2) is 40.0 Å². The smallest absolute Gasteiger partial charge is 0.328 e. The maximum atomic E-state index is 12.7. The van der Waals surface area contributed by atoms with Gasteiger partial charge in [0, 0.05) is 5.69 Å². The van der Waals surface area contributed by atoms with Crippen LogP contribution in [0.5, 0.6) is 0 Å². The lowest BCUT2D eigenvalue weighted by Crippen LogP contribution is -2.18. The number of hydrogen-bond acceptors (Lipinski definition) is 7. The summed E-state index contributed by atoms with van der Waals surface area (Å²) in [6, 6.07) is 9.34. The van der Waals surface area contributed by atoms with Crippen LogP contribution in [-0.2, 0) is 12.7 Å². The van der Waals surface area contributed by atoms with Crippen LogP contribution in [0.2, 0.25) is 0 Å². The number of hydrogen-bond donors (Lipinski definition) is 1. The largest absolute Gasteiger partial charge is 0.435 e. The van der Waals surface area contributed by atoms with Crippen LogP contribution in [0.25, 0.3) is 0 Å². The van der Waals surface area contributed by atoms with Crippen molar-refractivity contribution in [1.29, 1.82) is 5.26 Å². The number of aryl methyl sites for hydroxylation is 1. The first-order valence-electron chi connectivity index (χ1n) is 8.04. The number of nitriles is 1. The molecule has 148 valence electrons. The van der Waals surface area contributed by atoms with E-state index in [2.05, 4.69) is 25.8 Å². The van der Waals surface area contributed by atoms with Gasteiger partial charge in [-0.3, -0.25) is 9.48 Å². The molecule has 0 saturated heterocycles. The number of nitrogens with zero attached hydrogens (tertiary/aromatic N) is 6. The highest BCUT2D eigenvalue weighted by Crippen LogP contribution is 2.28. The summed E-state index contributed by atoms with van der Waals surface area (Å²) in [6.07, 6.45) is -3.21. The topological polar surface area (TPSA) is 122 Å². The second-order valence-electron chi connectivity index (χ2n) is 5.78. The van der Waals surface area contributed by atoms with Crippen LogP contribution in [0.1, 0.15) is 39.0 Å². The lowest BCUT2D eigenvalue weighted by atomic mass is 10.2. The van der Waals surface area contributed by atoms with Crippen LogP contribution in [0.3, 0.4) is 0 Å². The number of halogens is 3. The van der Waals surface area contributed by atoms with Gasteiger partial charge in [0.25, 0.3) is 0 Å². The molecule has 2 heterocycles. The number of rotatable bonds is 5. The SMILES string of the molecule is Cc1cc(C(F)(F)F)nn1Cc1noc(C(=O)NN=Cc2ccc(C#N)cc2)n1. The molecule has 1 amide bonds. The Bertz CT molecular complexity index is 1090. The molecule has 12 heteroatoms. The summed E-state index contributed by atoms with van der Waals surface area (Å²) < 4.78 is 44.0. The van der Waals surface area contributed by atoms with Gasteiger partial charge in [-0.15, -0.1) is 0 Å². The second kappa shape index (κ2) is 7.93. The predicted molar refractivity (Wildman–Crippen MR) is 91.6 cm³/mol. The van der Waals surface area contributed by atoms with Crippen LogP contribution in [0, 0.1) is 18.3 Å². The average molecular weight is 403 g/mol. The third-order valence-corrected chi connectivity index (χ3v) is 3.64. The van der Waals surface area contributed by atoms with Gasteiger partial charge in [0.15, 0.2) is 11.5 Å². The van der Waals surface area contributed by atoms with Crippen LogP contribution in [-0.4, -0.2) is 32.0 Å². The highest BCUT2D eigenvalue weighted by molar-refractivity contribution is 5.90. The molecule has 0 radical (unpaired) electrons. The molecule has 0 saturated carbocycles. The van der Waals surface area contributed by atoms with Crippen molar-refractivity contribution < 1.29 is 22.5 Å². The standard InChI is InChI=1S/C17H12F3N7O2/c1-10-6-13(17(18,19)20)25-27(10)9-14-23-16(29-26-14)15(28)24-22-8-12-4-2-11(7-21)3-5-12/h2-6,8H,9H2,1H3,(H,24,28). The Morgan fingerprint density at radius 2 is 2.10 bits per heavy atom. The number of aromatic nitrogens is 4. The summed E-state index contributed by atoms with van der Waals surface area (Å²) in [4.78, 5) is 15.8. The number of amides is 1. The molecule has 0 aliphatic heterocycles. The van der Waals surface area contributed by atoms with Gasteiger partial charge in [-0.25, -0.2) is 5.43 Å². The summed E-state index contributed by atoms with van der Waals surface area (Å²) in [5, 5.41) is 19.5. The van der Waals surface area contributed by atoms with Crippen molar-refractivity contribution in [3.05, 3.63) is 64.6 Å². The lowest BCUT2D eigenvalue weighted by molar-refractivity contribution is -0.141. The van der Waals surface area contributed by atoms with Crippen molar-refractivity contribution >= 4 is 12.1 Å². The molecule has 0 spiro atoms. The molecular formula is C17H12F3N7O2. The van der Waals surface area contributed by atoms with Gasteiger partial charge in [-0.05, 0) is 30.7 Å². The maximum absolute atomic E-state index is 12.7. The molecule has 2 aromatic heterocycles. The van der Waals surface area contributed by atoms with Gasteiger partial charge in [0.1, 0.15) is 6.54 Å². The maximum Gasteiger partial charge on any atom is 0.435 e. The highest BCUT2D eigenvalue weighted by Gasteiger charge is 2.34. The third kappa shape index (κ3) is 4.83. The van der Waals surface area contributed by atoms with Crippen LogP contribution < -0.4 is 5.43 Å². The summed E-state index contributed by atoms with van der Waals surface area (Å²) in [5.41, 5.74) is 2.53. The first-order valence-corrected chi connectivity index (χ1v) is 8.04. The fourth-order valence-electron chi connectivity index (χ4n) is 2.21. The molecule has 0 bridgehead atoms. The molecule has 29 heavy (non-hydrogen) atoms. The minimum atomic E-state index is -4.56. The molecule has 0 atom stereocenters. The Balaban J connectivity index is 1.62. The van der Waals surface area contributed by atoms with E-state index in [1.165, 1.54) is 13.1 Å². The van der Waals surface area contributed by atoms with Crippen molar-refractivity contribution in [2.75, 3.05) is 0 Å². The number of alkyl halides is 3. The van der Waals surface area contributed by atoms with E-state index in [9.17, 15) is 18.0 Å². The third-order valence-electron chi connectivity index (χ3n) is 3.64. The van der Waals surface area contributed by atoms with Gasteiger partial charge >= 0.3 is 18.0 Å². The zero-order chi connectivity index (χ0) is 21.0. The molecule has 3 rings (SSSR count). The van der Waals surface area contributed by atoms with Crippen molar-refractivity contribution in [3.8, 4) is 6.07 Å². The lowest BCUT2D eigenvalue weighted by Gasteiger charge is -2.01. The Morgan fingerprint density at radius 1 is 1.38 bits per heavy atom. The predicted octanol–water partition coefficient (Wildman–Crippen LogP) is 2.28. The molecule has 3 aromatic rings. The van der Waals surface area contributed by atoms with E-state index in [0.717, 1.165) is 10.7 Å². The van der Waals surface area contributed by atoms with Gasteiger partial charge in [0.05, 0.1) is 17.8 Å². The molecule has 1 N–H and O–H groups in total. The zero-order valence-electron chi connectivity index (χ0n) is 14.8. The van der Waals surface area contributed by atoms with E-state index >= 15 is 0 Å². The minimum Gasteiger partial charge on any atom is -0.328 e. The number of hydrazone groups is 1. The van der Waals surface area contributed by atoms with Gasteiger partial charge < -0.3 is 4.52 Å². The molecule has 0 fully saturated rings. The van der Waals surface area contributed by atoms with E-state index in [1.807, 2.05) is 6.07 Å². The number of carbonyl (C=O) groups is 1. The Labute approximate surface area is 161 Å². The number of carbonyl (C=O) groups excluding carboxylic acids is 1. The number of nitrogens with one attached hydrogen (secondary N) is 1. The van der Waals surface area contributed by atoms with E-state index in [-0.39, 0.29) is 18.1 Å². The summed E-state index contributed by atoms with van der Waals surface area (Å²) in [5.74, 6) is -1.22. The van der Waals surface area contributed by atoms with E-state index in [1.54, 1.807) is 24.3 Å². The van der Waals surface area contributed by atoms with Gasteiger partial charge in [0.2, 0.25) is 0 Å². The molecule has 0 aliphatic rings. The summed E-state index contributed by atoms with van der Waals surface area (Å²) in [7, 11) is 0. The van der Waals surface area contributed by atoms with Crippen LogP contribution in [0.4, 0.5) is 13.2 Å². The Kier molecular flexibility index (Phi) is 5.40. The average Bonchev–Trinajstić information content (AvgIpc) is 3.29. The normalized spacial score (nSPS) is 11.6. The number of benzene rings is 1. The van der Waals surface area contributed by atoms with Crippen molar-refractivity contribution in [1.82, 2.24) is 25.3 Å². The monoisotopic (exact) mass is 403 g/mol. The molecule has 9 nitrogen and oxygen atoms in total. The van der Waals surface area contributed by atoms with E-state index in [4.69, 9.17) is 9.78 Å². The minimum absolute atomic E-state index is 0.0221. The first-order chi connectivity index (χ1) is 13.8. The quantitative estimate of drug-likeness (QED) is 0.515. The van der Waals surface area contributed by atoms with E-state index < -0.39 is 23.7 Å². The van der Waals surface area contributed by atoms with Gasteiger partial charge in [-0.1, -0.05) is 17.3 Å². The molecule has 1 aromatic carbocycles. The van der Waals surface area contributed by atoms with Crippen LogP contribution >= 0.6 is 0 Å². The fourth-order valence-corrected chi connectivity index (χ4v) is 2.21. The summed E-state index contributed by atoms with van der Waals surface area (Å²) in [6.45, 7) is 1.25. The highest BCUT2D eigenvalue weighted by atomic mass is 19.4. The Hall–Kier alpha value is -4.01. The Morgan fingerprint density at radius 3 is 2.72 bits per heavy atom. The molecular weight excluding hydrogens is 391 g/mol. The van der Waals surface area contributed by atoms with Crippen molar-refractivity contribution in [3.63, 3.8) is 0 Å².